The number of amides is 8. The number of aromatic hydroxyl groups is 1. The summed E-state index contributed by atoms with van der Waals surface area (Å²) in [4.78, 5) is 160. The molecule has 1 aliphatic heterocycles. The standard InChI is InChI=1S/C64H88N12O14/c1-7-40(59(86)72-48(24-35(2)3)55(82)29-41(16-13-23-69-64(67)68-6)60(87)75-51(58(66)85)27-42-33-70-47-18-12-11-17-45(42)47)28-54(81)49(25-38-14-9-8-10-15-38)73-61(88)46(36(4)77)31-56(83)50(32-57(65)84)74-62(89)53-30-44(80)34-76(53)63(90)52(71-37(5)78)26-39-19-21-43(79)22-20-39/h8-12,14-15,17-22,33,35-36,40-41,44,46,48-53,70,77,79-80H,7,13,16,23-32,34H2,1-6H3,(H2,65,84)(H2,66,85)(H,71,78)(H,72,86)(H,73,88)(H,74,89)(H,75,87)(H3,67,68,69)/t36-,40-,41-,44-,46+,48+,49+,50+,51+,52-,53+/m1/s1. The maximum atomic E-state index is 14.6. The van der Waals surface area contributed by atoms with Gasteiger partial charge in [0.1, 0.15) is 23.9 Å². The van der Waals surface area contributed by atoms with Gasteiger partial charge >= 0.3 is 0 Å². The van der Waals surface area contributed by atoms with Gasteiger partial charge in [-0.2, -0.15) is 0 Å². The highest BCUT2D eigenvalue weighted by Crippen LogP contribution is 2.25. The number of aromatic amines is 1. The second-order valence-corrected chi connectivity index (χ2v) is 23.6. The van der Waals surface area contributed by atoms with Crippen molar-refractivity contribution in [3.8, 4) is 5.75 Å². The SMILES string of the molecule is CC[C@H](CC(=O)[C@H](Cc1ccccc1)NC(=O)[C@@H](CC(=O)[C@H](CC(N)=O)NC(=O)[C@@H]1C[C@@H](O)CN1C(=O)[C@@H](Cc1ccc(O)cc1)NC(C)=O)[C@@H](C)O)C(=O)N[C@@H](CC(C)C)C(=O)C[C@@H](CCCNC(N)=NC)C(=O)N[C@@H](Cc1c[nH]c2ccccc12)C(N)=O. The number of hydrogen-bond acceptors (Lipinski definition) is 15. The minimum absolute atomic E-state index is 0.0376. The first-order chi connectivity index (χ1) is 42.7. The van der Waals surface area contributed by atoms with E-state index in [1.54, 1.807) is 43.5 Å². The number of primary amides is 2. The highest BCUT2D eigenvalue weighted by atomic mass is 16.3. The quantitative estimate of drug-likeness (QED) is 0.0168. The molecule has 3 aromatic carbocycles. The number of aliphatic hydroxyl groups excluding tert-OH is 2. The van der Waals surface area contributed by atoms with Crippen LogP contribution in [0.15, 0.2) is 90.1 Å². The summed E-state index contributed by atoms with van der Waals surface area (Å²) < 4.78 is 0. The van der Waals surface area contributed by atoms with Gasteiger partial charge in [-0.05, 0) is 79.8 Å². The Labute approximate surface area is 523 Å². The largest absolute Gasteiger partial charge is 0.508 e. The number of benzene rings is 3. The van der Waals surface area contributed by atoms with E-state index in [4.69, 9.17) is 17.2 Å². The molecule has 0 radical (unpaired) electrons. The van der Waals surface area contributed by atoms with E-state index in [0.29, 0.717) is 24.1 Å². The van der Waals surface area contributed by atoms with Crippen molar-refractivity contribution in [2.45, 2.75) is 160 Å². The number of Topliss-reactive ketones (excluding diaryl/α,β-unsaturated/α-hetero) is 3. The molecule has 11 atom stereocenters. The highest BCUT2D eigenvalue weighted by molar-refractivity contribution is 6.00. The van der Waals surface area contributed by atoms with Crippen molar-refractivity contribution in [1.82, 2.24) is 41.8 Å². The number of β-amino-alcohol motifs (C(OH)–C–C–N with tert-alkyl or cyclic N) is 1. The third-order valence-electron chi connectivity index (χ3n) is 15.9. The fourth-order valence-electron chi connectivity index (χ4n) is 11.0. The third kappa shape index (κ3) is 21.9. The van der Waals surface area contributed by atoms with Crippen LogP contribution < -0.4 is 49.1 Å². The lowest BCUT2D eigenvalue weighted by Crippen LogP contribution is -2.56. The molecule has 26 heteroatoms. The van der Waals surface area contributed by atoms with Crippen molar-refractivity contribution in [2.24, 2.45) is 45.9 Å². The molecule has 8 amide bonds. The van der Waals surface area contributed by atoms with Crippen LogP contribution in [-0.2, 0) is 72.0 Å². The van der Waals surface area contributed by atoms with E-state index >= 15 is 0 Å². The van der Waals surface area contributed by atoms with E-state index < -0.39 is 150 Å². The lowest BCUT2D eigenvalue weighted by atomic mass is 9.88. The van der Waals surface area contributed by atoms with Gasteiger partial charge < -0.3 is 74.3 Å². The number of aromatic nitrogens is 1. The summed E-state index contributed by atoms with van der Waals surface area (Å²) in [6, 6.07) is 13.9. The van der Waals surface area contributed by atoms with Gasteiger partial charge in [0, 0.05) is 94.5 Å². The number of H-pyrrole nitrogens is 1. The summed E-state index contributed by atoms with van der Waals surface area (Å²) in [6.07, 6.45) is -3.07. The highest BCUT2D eigenvalue weighted by Gasteiger charge is 2.43. The van der Waals surface area contributed by atoms with E-state index in [0.717, 1.165) is 21.4 Å². The van der Waals surface area contributed by atoms with Crippen molar-refractivity contribution in [3.63, 3.8) is 0 Å². The number of aliphatic hydroxyl groups is 2. The van der Waals surface area contributed by atoms with Gasteiger partial charge in [-0.15, -0.1) is 0 Å². The third-order valence-corrected chi connectivity index (χ3v) is 15.9. The Kier molecular flexibility index (Phi) is 27.6. The van der Waals surface area contributed by atoms with Gasteiger partial charge in [-0.1, -0.05) is 81.4 Å². The summed E-state index contributed by atoms with van der Waals surface area (Å²) >= 11 is 0. The second-order valence-electron chi connectivity index (χ2n) is 23.6. The normalized spacial score (nSPS) is 17.1. The number of nitrogens with zero attached hydrogens (tertiary/aromatic N) is 2. The average Bonchev–Trinajstić information content (AvgIpc) is 2.68. The maximum absolute atomic E-state index is 14.6. The number of aliphatic imine (C=N–C) groups is 1. The van der Waals surface area contributed by atoms with Crippen molar-refractivity contribution < 1.29 is 68.1 Å². The van der Waals surface area contributed by atoms with E-state index in [1.807, 2.05) is 38.1 Å². The summed E-state index contributed by atoms with van der Waals surface area (Å²) in [5.74, 6) is -12.1. The first-order valence-electron chi connectivity index (χ1n) is 30.3. The Morgan fingerprint density at radius 1 is 0.678 bits per heavy atom. The first kappa shape index (κ1) is 71.7. The summed E-state index contributed by atoms with van der Waals surface area (Å²) in [7, 11) is 1.50. The van der Waals surface area contributed by atoms with Gasteiger partial charge in [-0.25, -0.2) is 0 Å². The predicted octanol–water partition coefficient (Wildman–Crippen LogP) is 0.545. The zero-order valence-corrected chi connectivity index (χ0v) is 51.9. The Bertz CT molecular complexity index is 3190. The zero-order valence-electron chi connectivity index (χ0n) is 51.9. The lowest BCUT2D eigenvalue weighted by Gasteiger charge is -2.30. The van der Waals surface area contributed by atoms with E-state index in [9.17, 15) is 68.1 Å². The molecule has 0 bridgehead atoms. The number of para-hydroxylation sites is 1. The number of nitrogens with two attached hydrogens (primary N) is 3. The number of rotatable bonds is 36. The molecular weight excluding hydrogens is 1160 g/mol. The topological polar surface area (TPSA) is 430 Å². The van der Waals surface area contributed by atoms with Gasteiger partial charge in [-0.3, -0.25) is 57.7 Å². The predicted molar refractivity (Wildman–Crippen MR) is 334 cm³/mol. The number of hydrogen-bond donors (Lipinski definition) is 13. The molecule has 0 unspecified atom stereocenters. The molecule has 0 saturated carbocycles. The number of carbonyl (C=O) groups excluding carboxylic acids is 11. The molecule has 5 rings (SSSR count). The molecule has 0 spiro atoms. The molecule has 4 aromatic rings. The lowest BCUT2D eigenvalue weighted by molar-refractivity contribution is -0.142. The van der Waals surface area contributed by atoms with Crippen LogP contribution in [0.2, 0.25) is 0 Å². The first-order valence-corrected chi connectivity index (χ1v) is 30.3. The molecule has 1 saturated heterocycles. The minimum atomic E-state index is -1.71. The van der Waals surface area contributed by atoms with Crippen molar-refractivity contribution >= 4 is 81.5 Å². The number of phenols is 1. The van der Waals surface area contributed by atoms with Crippen LogP contribution in [0.1, 0.15) is 109 Å². The van der Waals surface area contributed by atoms with Gasteiger partial charge in [0.05, 0.1) is 42.7 Å². The molecule has 1 fully saturated rings. The Morgan fingerprint density at radius 3 is 1.89 bits per heavy atom. The van der Waals surface area contributed by atoms with E-state index in [-0.39, 0.29) is 75.5 Å². The molecule has 488 valence electrons. The van der Waals surface area contributed by atoms with Crippen LogP contribution in [-0.4, -0.2) is 164 Å². The monoisotopic (exact) mass is 1250 g/mol. The summed E-state index contributed by atoms with van der Waals surface area (Å²) in [5.41, 5.74) is 19.9. The van der Waals surface area contributed by atoms with Crippen LogP contribution in [0.5, 0.6) is 5.75 Å². The Morgan fingerprint density at radius 2 is 1.27 bits per heavy atom. The van der Waals surface area contributed by atoms with Gasteiger partial charge in [0.15, 0.2) is 23.3 Å². The number of fused-ring (bicyclic) bond motifs is 1. The summed E-state index contributed by atoms with van der Waals surface area (Å²) in [6.45, 7) is 7.73. The van der Waals surface area contributed by atoms with E-state index in [2.05, 4.69) is 41.9 Å². The minimum Gasteiger partial charge on any atom is -0.508 e. The smallest absolute Gasteiger partial charge is 0.246 e. The number of guanidine groups is 1. The summed E-state index contributed by atoms with van der Waals surface area (Å²) in [5, 5.41) is 48.6. The van der Waals surface area contributed by atoms with Crippen LogP contribution >= 0.6 is 0 Å². The number of nitrogens with one attached hydrogen (secondary N) is 7. The molecule has 90 heavy (non-hydrogen) atoms. The van der Waals surface area contributed by atoms with Crippen LogP contribution in [0, 0.1) is 23.7 Å². The molecule has 1 aliphatic rings. The molecule has 0 aliphatic carbocycles. The van der Waals surface area contributed by atoms with Crippen LogP contribution in [0.3, 0.4) is 0 Å². The fourth-order valence-corrected chi connectivity index (χ4v) is 11.0. The fraction of sp³-hybridized carbons (Fsp3) is 0.500. The zero-order chi connectivity index (χ0) is 66.4. The molecule has 1 aromatic heterocycles. The van der Waals surface area contributed by atoms with Gasteiger partial charge in [0.2, 0.25) is 47.3 Å². The van der Waals surface area contributed by atoms with Gasteiger partial charge in [0.25, 0.3) is 0 Å². The maximum Gasteiger partial charge on any atom is 0.246 e. The van der Waals surface area contributed by atoms with E-state index in [1.165, 1.54) is 45.2 Å². The number of ketones is 3. The van der Waals surface area contributed by atoms with Crippen LogP contribution in [0.25, 0.3) is 10.9 Å². The molecule has 26 nitrogen and oxygen atoms in total. The number of likely N-dealkylation sites (tertiary alicyclic amines) is 1. The number of phenolic OH excluding ortho intramolecular Hbond substituents is 1. The Balaban J connectivity index is 1.31. The second kappa shape index (κ2) is 34.6. The van der Waals surface area contributed by atoms with Crippen LogP contribution in [0.4, 0.5) is 0 Å². The van der Waals surface area contributed by atoms with Crippen molar-refractivity contribution in [3.05, 3.63) is 102 Å². The number of carbonyl (C=O) groups is 11. The van der Waals surface area contributed by atoms with Crippen molar-refractivity contribution in [2.75, 3.05) is 20.1 Å². The van der Waals surface area contributed by atoms with Crippen molar-refractivity contribution in [1.29, 1.82) is 0 Å². The molecule has 16 N–H and O–H groups in total. The average molecular weight is 1250 g/mol. The molecule has 2 heterocycles. The Hall–Kier alpha value is -9.04. The molecular formula is C64H88N12O14.